The van der Waals surface area contributed by atoms with E-state index in [1.807, 2.05) is 6.07 Å². The number of pyridine rings is 1. The summed E-state index contributed by atoms with van der Waals surface area (Å²) in [6, 6.07) is 10.3. The predicted molar refractivity (Wildman–Crippen MR) is 106 cm³/mol. The van der Waals surface area contributed by atoms with E-state index < -0.39 is 10.0 Å². The molecule has 1 aromatic carbocycles. The standard InChI is InChI=1S/C20H20N4O3S/c25-9-5-4-6-15-10-18-19(16-12-22-23-13-16)14-24(20(18)21-11-15)28(26,27)17-7-2-1-3-8-17/h1-3,7-8,10-14,25H,4-6,9H2,(H,22,23). The minimum absolute atomic E-state index is 0.154. The maximum absolute atomic E-state index is 13.2. The topological polar surface area (TPSA) is 101 Å². The number of H-pyrrole nitrogens is 1. The number of unbranched alkanes of at least 4 members (excludes halogenated alkanes) is 1. The van der Waals surface area contributed by atoms with Gasteiger partial charge in [-0.2, -0.15) is 5.10 Å². The summed E-state index contributed by atoms with van der Waals surface area (Å²) in [5, 5.41) is 16.5. The fourth-order valence-corrected chi connectivity index (χ4v) is 4.56. The molecule has 0 radical (unpaired) electrons. The van der Waals surface area contributed by atoms with E-state index in [4.69, 9.17) is 5.11 Å². The molecular weight excluding hydrogens is 376 g/mol. The van der Waals surface area contributed by atoms with Crippen LogP contribution >= 0.6 is 0 Å². The van der Waals surface area contributed by atoms with Crippen LogP contribution in [0.4, 0.5) is 0 Å². The molecule has 144 valence electrons. The maximum Gasteiger partial charge on any atom is 0.269 e. The molecular formula is C20H20N4O3S. The van der Waals surface area contributed by atoms with Gasteiger partial charge >= 0.3 is 0 Å². The lowest BCUT2D eigenvalue weighted by molar-refractivity contribution is 0.284. The van der Waals surface area contributed by atoms with E-state index in [0.717, 1.165) is 41.3 Å². The molecule has 0 aliphatic rings. The fourth-order valence-electron chi connectivity index (χ4n) is 3.22. The first-order valence-corrected chi connectivity index (χ1v) is 10.5. The van der Waals surface area contributed by atoms with Gasteiger partial charge in [0.25, 0.3) is 10.0 Å². The number of hydrogen-bond donors (Lipinski definition) is 2. The molecule has 0 saturated heterocycles. The van der Waals surface area contributed by atoms with Gasteiger partial charge in [-0.25, -0.2) is 17.4 Å². The molecule has 0 aliphatic carbocycles. The summed E-state index contributed by atoms with van der Waals surface area (Å²) in [7, 11) is -3.78. The minimum Gasteiger partial charge on any atom is -0.396 e. The van der Waals surface area contributed by atoms with Gasteiger partial charge < -0.3 is 5.11 Å². The van der Waals surface area contributed by atoms with Crippen molar-refractivity contribution in [2.75, 3.05) is 6.61 Å². The lowest BCUT2D eigenvalue weighted by Crippen LogP contribution is -2.12. The Morgan fingerprint density at radius 2 is 1.93 bits per heavy atom. The van der Waals surface area contributed by atoms with Crippen LogP contribution in [0.1, 0.15) is 18.4 Å². The first kappa shape index (κ1) is 18.4. The number of aryl methyl sites for hydroxylation is 1. The van der Waals surface area contributed by atoms with Gasteiger partial charge in [0.1, 0.15) is 0 Å². The van der Waals surface area contributed by atoms with Gasteiger partial charge in [-0.15, -0.1) is 0 Å². The Kier molecular flexibility index (Phi) is 4.97. The summed E-state index contributed by atoms with van der Waals surface area (Å²) < 4.78 is 27.6. The first-order chi connectivity index (χ1) is 13.6. The fraction of sp³-hybridized carbons (Fsp3) is 0.200. The number of hydrogen-bond acceptors (Lipinski definition) is 5. The predicted octanol–water partition coefficient (Wildman–Crippen LogP) is 2.98. The van der Waals surface area contributed by atoms with E-state index in [0.29, 0.717) is 5.65 Å². The number of nitrogens with zero attached hydrogens (tertiary/aromatic N) is 3. The summed E-state index contributed by atoms with van der Waals surface area (Å²) in [5.74, 6) is 0. The number of benzene rings is 1. The quantitative estimate of drug-likeness (QED) is 0.468. The number of fused-ring (bicyclic) bond motifs is 1. The van der Waals surface area contributed by atoms with Crippen molar-refractivity contribution in [3.05, 3.63) is 66.7 Å². The molecule has 8 heteroatoms. The molecule has 0 fully saturated rings. The van der Waals surface area contributed by atoms with Crippen molar-refractivity contribution >= 4 is 21.1 Å². The number of aliphatic hydroxyl groups is 1. The molecule has 4 aromatic rings. The number of aromatic amines is 1. The van der Waals surface area contributed by atoms with Gasteiger partial charge in [0.05, 0.1) is 11.1 Å². The van der Waals surface area contributed by atoms with E-state index >= 15 is 0 Å². The average Bonchev–Trinajstić information content (AvgIpc) is 3.36. The highest BCUT2D eigenvalue weighted by molar-refractivity contribution is 7.90. The van der Waals surface area contributed by atoms with Gasteiger partial charge in [0, 0.05) is 41.7 Å². The molecule has 2 N–H and O–H groups in total. The third kappa shape index (κ3) is 3.32. The molecule has 0 aliphatic heterocycles. The Morgan fingerprint density at radius 1 is 1.11 bits per heavy atom. The summed E-state index contributed by atoms with van der Waals surface area (Å²) in [5.41, 5.74) is 2.92. The van der Waals surface area contributed by atoms with Crippen LogP contribution in [0.15, 0.2) is 66.1 Å². The van der Waals surface area contributed by atoms with Crippen LogP contribution in [0.2, 0.25) is 0 Å². The van der Waals surface area contributed by atoms with Crippen molar-refractivity contribution in [1.29, 1.82) is 0 Å². The third-order valence-corrected chi connectivity index (χ3v) is 6.32. The van der Waals surface area contributed by atoms with E-state index in [2.05, 4.69) is 15.2 Å². The van der Waals surface area contributed by atoms with Crippen LogP contribution in [0.25, 0.3) is 22.2 Å². The molecule has 0 bridgehead atoms. The highest BCUT2D eigenvalue weighted by atomic mass is 32.2. The van der Waals surface area contributed by atoms with E-state index in [1.54, 1.807) is 55.1 Å². The Balaban J connectivity index is 1.88. The Morgan fingerprint density at radius 3 is 2.64 bits per heavy atom. The Bertz CT molecular complexity index is 1180. The van der Waals surface area contributed by atoms with Crippen LogP contribution in [0.5, 0.6) is 0 Å². The molecule has 4 rings (SSSR count). The maximum atomic E-state index is 13.2. The van der Waals surface area contributed by atoms with Crippen molar-refractivity contribution in [2.45, 2.75) is 24.2 Å². The van der Waals surface area contributed by atoms with E-state index in [9.17, 15) is 8.42 Å². The summed E-state index contributed by atoms with van der Waals surface area (Å²) >= 11 is 0. The van der Waals surface area contributed by atoms with Gasteiger partial charge in [0.2, 0.25) is 0 Å². The number of rotatable bonds is 7. The lowest BCUT2D eigenvalue weighted by Gasteiger charge is -2.07. The highest BCUT2D eigenvalue weighted by Crippen LogP contribution is 2.32. The number of aromatic nitrogens is 4. The van der Waals surface area contributed by atoms with Crippen LogP contribution in [0.3, 0.4) is 0 Å². The molecule has 0 unspecified atom stereocenters. The molecule has 0 saturated carbocycles. The van der Waals surface area contributed by atoms with Crippen molar-refractivity contribution in [1.82, 2.24) is 19.2 Å². The molecule has 3 aromatic heterocycles. The zero-order valence-electron chi connectivity index (χ0n) is 15.1. The summed E-state index contributed by atoms with van der Waals surface area (Å²) in [6.45, 7) is 0.154. The minimum atomic E-state index is -3.78. The van der Waals surface area contributed by atoms with Crippen molar-refractivity contribution in [3.8, 4) is 11.1 Å². The van der Waals surface area contributed by atoms with Gasteiger partial charge in [-0.05, 0) is 43.0 Å². The zero-order chi connectivity index (χ0) is 19.6. The normalized spacial score (nSPS) is 11.9. The monoisotopic (exact) mass is 396 g/mol. The van der Waals surface area contributed by atoms with Crippen LogP contribution < -0.4 is 0 Å². The van der Waals surface area contributed by atoms with Crippen LogP contribution in [-0.4, -0.2) is 39.3 Å². The van der Waals surface area contributed by atoms with Gasteiger partial charge in [-0.1, -0.05) is 18.2 Å². The van der Waals surface area contributed by atoms with E-state index in [1.165, 1.54) is 3.97 Å². The largest absolute Gasteiger partial charge is 0.396 e. The second-order valence-corrected chi connectivity index (χ2v) is 8.35. The van der Waals surface area contributed by atoms with Crippen LogP contribution in [0, 0.1) is 0 Å². The molecule has 7 nitrogen and oxygen atoms in total. The number of aliphatic hydroxyl groups excluding tert-OH is 1. The molecule has 0 amide bonds. The number of nitrogens with one attached hydrogen (secondary N) is 1. The molecule has 0 spiro atoms. The summed E-state index contributed by atoms with van der Waals surface area (Å²) in [6.07, 6.45) is 9.02. The second kappa shape index (κ2) is 7.57. The Labute approximate surface area is 162 Å². The summed E-state index contributed by atoms with van der Waals surface area (Å²) in [4.78, 5) is 4.68. The molecule has 3 heterocycles. The van der Waals surface area contributed by atoms with Gasteiger partial charge in [0.15, 0.2) is 5.65 Å². The zero-order valence-corrected chi connectivity index (χ0v) is 15.9. The van der Waals surface area contributed by atoms with E-state index in [-0.39, 0.29) is 11.5 Å². The third-order valence-electron chi connectivity index (χ3n) is 4.65. The smallest absolute Gasteiger partial charge is 0.269 e. The highest BCUT2D eigenvalue weighted by Gasteiger charge is 2.23. The van der Waals surface area contributed by atoms with Crippen molar-refractivity contribution in [2.24, 2.45) is 0 Å². The molecule has 0 atom stereocenters. The lowest BCUT2D eigenvalue weighted by atomic mass is 10.1. The second-order valence-electron chi connectivity index (χ2n) is 6.54. The average molecular weight is 396 g/mol. The van der Waals surface area contributed by atoms with Gasteiger partial charge in [-0.3, -0.25) is 5.10 Å². The van der Waals surface area contributed by atoms with Crippen molar-refractivity contribution < 1.29 is 13.5 Å². The Hall–Kier alpha value is -2.97. The molecule has 28 heavy (non-hydrogen) atoms. The first-order valence-electron chi connectivity index (χ1n) is 9.02. The van der Waals surface area contributed by atoms with Crippen LogP contribution in [-0.2, 0) is 16.4 Å². The SMILES string of the molecule is O=S(=O)(c1ccccc1)n1cc(-c2cn[nH]c2)c2cc(CCCCO)cnc21. The van der Waals surface area contributed by atoms with Crippen molar-refractivity contribution in [3.63, 3.8) is 0 Å².